The van der Waals surface area contributed by atoms with Crippen molar-refractivity contribution in [3.05, 3.63) is 63.9 Å². The molecule has 0 radical (unpaired) electrons. The van der Waals surface area contributed by atoms with Crippen LogP contribution in [-0.2, 0) is 29.1 Å². The first-order valence-corrected chi connectivity index (χ1v) is 17.7. The van der Waals surface area contributed by atoms with E-state index in [1.165, 1.54) is 11.6 Å². The van der Waals surface area contributed by atoms with E-state index in [2.05, 4.69) is 76.1 Å². The van der Waals surface area contributed by atoms with E-state index in [9.17, 15) is 0 Å². The Hall–Kier alpha value is 0.297. The summed E-state index contributed by atoms with van der Waals surface area (Å²) in [7, 11) is -2.94. The van der Waals surface area contributed by atoms with Gasteiger partial charge in [-0.1, -0.05) is 0 Å². The number of halogens is 2. The predicted octanol–water partition coefficient (Wildman–Crippen LogP) is 0.425. The van der Waals surface area contributed by atoms with E-state index < -0.39 is 16.4 Å². The van der Waals surface area contributed by atoms with Crippen molar-refractivity contribution in [1.82, 2.24) is 0 Å². The van der Waals surface area contributed by atoms with Crippen LogP contribution in [0.4, 0.5) is 0 Å². The minimum atomic E-state index is -1.51. The first kappa shape index (κ1) is 26.3. The summed E-state index contributed by atoms with van der Waals surface area (Å²) in [5.41, 5.74) is 7.80. The second-order valence-electron chi connectivity index (χ2n) is 9.17. The Morgan fingerprint density at radius 3 is 2.36 bits per heavy atom. The molecule has 0 aliphatic heterocycles. The molecule has 0 amide bonds. The molecule has 28 heavy (non-hydrogen) atoms. The minimum Gasteiger partial charge on any atom is -1.00 e. The van der Waals surface area contributed by atoms with Crippen LogP contribution in [0.15, 0.2) is 52.8 Å². The van der Waals surface area contributed by atoms with Crippen molar-refractivity contribution in [2.24, 2.45) is 0 Å². The maximum Gasteiger partial charge on any atom is -1.00 e. The summed E-state index contributed by atoms with van der Waals surface area (Å²) in [4.78, 5) is 0. The summed E-state index contributed by atoms with van der Waals surface area (Å²) in [6, 6.07) is 10.3. The van der Waals surface area contributed by atoms with Crippen molar-refractivity contribution in [3.63, 3.8) is 0 Å². The number of rotatable bonds is 6. The molecule has 1 aromatic rings. The topological polar surface area (TPSA) is 9.23 Å². The van der Waals surface area contributed by atoms with Gasteiger partial charge in [-0.3, -0.25) is 0 Å². The van der Waals surface area contributed by atoms with Crippen LogP contribution in [0.3, 0.4) is 0 Å². The van der Waals surface area contributed by atoms with E-state index in [1.54, 1.807) is 52.2 Å². The second kappa shape index (κ2) is 10.1. The Labute approximate surface area is 200 Å². The van der Waals surface area contributed by atoms with Crippen molar-refractivity contribution in [3.8, 4) is 0 Å². The SMILES string of the molecule is CC1=C(C2=C([Si](C)(C)CCO[Si](C)(C)C)C=CC2)c2ccccc2[CH]1[Zr+2].[Cl-].[Cl-]. The summed E-state index contributed by atoms with van der Waals surface area (Å²) in [6.45, 7) is 15.2. The molecule has 151 valence electrons. The van der Waals surface area contributed by atoms with E-state index in [0.717, 1.165) is 13.0 Å². The van der Waals surface area contributed by atoms with Gasteiger partial charge in [-0.05, 0) is 0 Å². The van der Waals surface area contributed by atoms with Gasteiger partial charge >= 0.3 is 177 Å². The van der Waals surface area contributed by atoms with Crippen LogP contribution >= 0.6 is 0 Å². The molecule has 6 heteroatoms. The van der Waals surface area contributed by atoms with Crippen LogP contribution in [0, 0.1) is 0 Å². The molecule has 0 heterocycles. The molecule has 0 aromatic heterocycles. The van der Waals surface area contributed by atoms with Crippen LogP contribution in [0.5, 0.6) is 0 Å². The van der Waals surface area contributed by atoms with Crippen molar-refractivity contribution in [2.45, 2.75) is 55.7 Å². The minimum absolute atomic E-state index is 0. The molecule has 0 saturated heterocycles. The average Bonchev–Trinajstić information content (AvgIpc) is 3.11. The fourth-order valence-electron chi connectivity index (χ4n) is 4.09. The number of hydrogen-bond donors (Lipinski definition) is 0. The van der Waals surface area contributed by atoms with Crippen LogP contribution in [0.25, 0.3) is 5.57 Å². The maximum atomic E-state index is 6.20. The van der Waals surface area contributed by atoms with Gasteiger partial charge < -0.3 is 24.8 Å². The quantitative estimate of drug-likeness (QED) is 0.486. The standard InChI is InChI=1S/C22H31OSi2.2ClH.Zr/c1-17-16-18-10-7-8-11-19(18)22(17)20-12-9-13-21(20)25(5,6)15-14-23-24(2,3)4;;;/h7-11,13,16H,12,14-15H2,1-6H3;2*1H;/q;;;+2/p-2. The van der Waals surface area contributed by atoms with E-state index >= 15 is 0 Å². The molecule has 3 rings (SSSR count). The normalized spacial score (nSPS) is 18.9. The van der Waals surface area contributed by atoms with E-state index in [-0.39, 0.29) is 24.8 Å². The molecule has 0 bridgehead atoms. The monoisotopic (exact) mass is 527 g/mol. The number of hydrogen-bond acceptors (Lipinski definition) is 1. The zero-order chi connectivity index (χ0) is 19.1. The molecule has 1 aromatic carbocycles. The Morgan fingerprint density at radius 1 is 1.07 bits per heavy atom. The van der Waals surface area contributed by atoms with Crippen LogP contribution in [-0.4, -0.2) is 23.0 Å². The number of benzene rings is 1. The summed E-state index contributed by atoms with van der Waals surface area (Å²) in [5.74, 6) is 0. The van der Waals surface area contributed by atoms with Gasteiger partial charge in [-0.15, -0.1) is 0 Å². The van der Waals surface area contributed by atoms with E-state index in [0.29, 0.717) is 3.63 Å². The molecular weight excluding hydrogens is 499 g/mol. The maximum absolute atomic E-state index is 6.20. The molecule has 2 aliphatic carbocycles. The fourth-order valence-corrected chi connectivity index (χ4v) is 8.48. The molecule has 1 nitrogen and oxygen atoms in total. The molecule has 1 unspecified atom stereocenters. The largest absolute Gasteiger partial charge is 1.00 e. The van der Waals surface area contributed by atoms with Crippen molar-refractivity contribution >= 4 is 22.0 Å². The third-order valence-corrected chi connectivity index (χ3v) is 11.9. The molecule has 0 spiro atoms. The zero-order valence-corrected chi connectivity index (χ0v) is 23.8. The summed E-state index contributed by atoms with van der Waals surface area (Å²) < 4.78 is 6.83. The van der Waals surface area contributed by atoms with Crippen molar-refractivity contribution in [1.29, 1.82) is 0 Å². The Bertz CT molecular complexity index is 807. The second-order valence-corrected chi connectivity index (χ2v) is 19.9. The summed E-state index contributed by atoms with van der Waals surface area (Å²) in [6.07, 6.45) is 5.93. The first-order chi connectivity index (χ1) is 12.1. The Kier molecular flexibility index (Phi) is 9.47. The molecule has 2 aliphatic rings. The van der Waals surface area contributed by atoms with Crippen LogP contribution in [0.2, 0.25) is 38.8 Å². The van der Waals surface area contributed by atoms with Gasteiger partial charge in [0.05, 0.1) is 0 Å². The molecule has 1 atom stereocenters. The van der Waals surface area contributed by atoms with Gasteiger partial charge in [-0.25, -0.2) is 0 Å². The first-order valence-electron chi connectivity index (χ1n) is 9.67. The van der Waals surface area contributed by atoms with Gasteiger partial charge in [0.2, 0.25) is 0 Å². The molecule has 0 saturated carbocycles. The Morgan fingerprint density at radius 2 is 1.71 bits per heavy atom. The fraction of sp³-hybridized carbons (Fsp3) is 0.455. The van der Waals surface area contributed by atoms with Gasteiger partial charge in [0.25, 0.3) is 0 Å². The molecule has 0 N–H and O–H groups in total. The zero-order valence-electron chi connectivity index (χ0n) is 17.8. The average molecular weight is 530 g/mol. The van der Waals surface area contributed by atoms with E-state index in [4.69, 9.17) is 4.43 Å². The van der Waals surface area contributed by atoms with Gasteiger partial charge in [0.15, 0.2) is 0 Å². The van der Waals surface area contributed by atoms with Gasteiger partial charge in [0, 0.05) is 0 Å². The predicted molar refractivity (Wildman–Crippen MR) is 114 cm³/mol. The third kappa shape index (κ3) is 5.50. The smallest absolute Gasteiger partial charge is 1.00 e. The summed E-state index contributed by atoms with van der Waals surface area (Å²) >= 11 is 1.60. The number of allylic oxidation sites excluding steroid dienone is 6. The van der Waals surface area contributed by atoms with Crippen LogP contribution < -0.4 is 24.8 Å². The Balaban J connectivity index is 0.00000196. The van der Waals surface area contributed by atoms with Crippen molar-refractivity contribution in [2.75, 3.05) is 6.61 Å². The summed E-state index contributed by atoms with van der Waals surface area (Å²) in [5, 5.41) is 1.66. The van der Waals surface area contributed by atoms with Crippen molar-refractivity contribution < 1.29 is 54.0 Å². The van der Waals surface area contributed by atoms with Gasteiger partial charge in [0.1, 0.15) is 0 Å². The molecule has 0 fully saturated rings. The van der Waals surface area contributed by atoms with E-state index in [1.807, 2.05) is 0 Å². The number of fused-ring (bicyclic) bond motifs is 1. The van der Waals surface area contributed by atoms with Gasteiger partial charge in [-0.2, -0.15) is 0 Å². The van der Waals surface area contributed by atoms with Crippen LogP contribution in [0.1, 0.15) is 28.1 Å². The molecular formula is C22H31Cl2OSi2Zr. The third-order valence-electron chi connectivity index (χ3n) is 5.59.